The number of halogens is 2. The van der Waals surface area contributed by atoms with E-state index >= 15 is 0 Å². The minimum atomic E-state index is -3.02. The van der Waals surface area contributed by atoms with Gasteiger partial charge in [-0.05, 0) is 44.2 Å². The minimum Gasteiger partial charge on any atom is -0.493 e. The van der Waals surface area contributed by atoms with E-state index in [0.29, 0.717) is 5.69 Å². The first-order chi connectivity index (χ1) is 13.9. The van der Waals surface area contributed by atoms with E-state index in [1.807, 2.05) is 31.2 Å². The standard InChI is InChI=1S/C21H19F2N3O3/c1-13-7-10-16(11-8-13)26-14(2)19(24-25-26)17(27)12-9-15-5-4-6-18(28-3)20(15)29-21(22)23/h4-12,21H,1-3H3. The van der Waals surface area contributed by atoms with Crippen molar-refractivity contribution in [3.8, 4) is 17.2 Å². The molecule has 29 heavy (non-hydrogen) atoms. The Morgan fingerprint density at radius 3 is 2.52 bits per heavy atom. The number of carbonyl (C=O) groups excluding carboxylic acids is 1. The smallest absolute Gasteiger partial charge is 0.387 e. The highest BCUT2D eigenvalue weighted by molar-refractivity contribution is 6.06. The highest BCUT2D eigenvalue weighted by Crippen LogP contribution is 2.33. The monoisotopic (exact) mass is 399 g/mol. The molecular weight excluding hydrogens is 380 g/mol. The predicted octanol–water partition coefficient (Wildman–Crippen LogP) is 4.39. The van der Waals surface area contributed by atoms with Crippen molar-refractivity contribution in [3.05, 3.63) is 71.1 Å². The molecule has 0 aliphatic heterocycles. The van der Waals surface area contributed by atoms with Gasteiger partial charge in [-0.3, -0.25) is 4.79 Å². The molecule has 0 fully saturated rings. The van der Waals surface area contributed by atoms with E-state index in [2.05, 4.69) is 15.0 Å². The summed E-state index contributed by atoms with van der Waals surface area (Å²) in [4.78, 5) is 12.6. The Labute approximate surface area is 166 Å². The largest absolute Gasteiger partial charge is 0.493 e. The molecule has 6 nitrogen and oxygen atoms in total. The summed E-state index contributed by atoms with van der Waals surface area (Å²) >= 11 is 0. The van der Waals surface area contributed by atoms with Crippen LogP contribution in [-0.2, 0) is 0 Å². The summed E-state index contributed by atoms with van der Waals surface area (Å²) in [6.07, 6.45) is 2.62. The van der Waals surface area contributed by atoms with Crippen molar-refractivity contribution >= 4 is 11.9 Å². The van der Waals surface area contributed by atoms with Gasteiger partial charge in [-0.25, -0.2) is 4.68 Å². The molecule has 1 aromatic heterocycles. The number of allylic oxidation sites excluding steroid dienone is 1. The molecule has 0 atom stereocenters. The predicted molar refractivity (Wildman–Crippen MR) is 104 cm³/mol. The van der Waals surface area contributed by atoms with Crippen molar-refractivity contribution in [1.29, 1.82) is 0 Å². The number of rotatable bonds is 7. The van der Waals surface area contributed by atoms with Gasteiger partial charge in [-0.15, -0.1) is 5.10 Å². The van der Waals surface area contributed by atoms with E-state index in [-0.39, 0.29) is 22.8 Å². The van der Waals surface area contributed by atoms with Crippen LogP contribution in [0.3, 0.4) is 0 Å². The van der Waals surface area contributed by atoms with Crippen LogP contribution in [0.25, 0.3) is 11.8 Å². The fourth-order valence-corrected chi connectivity index (χ4v) is 2.77. The maximum Gasteiger partial charge on any atom is 0.387 e. The molecule has 3 rings (SSSR count). The van der Waals surface area contributed by atoms with Crippen LogP contribution in [0.5, 0.6) is 11.5 Å². The Morgan fingerprint density at radius 2 is 1.86 bits per heavy atom. The molecule has 0 amide bonds. The summed E-state index contributed by atoms with van der Waals surface area (Å²) in [5.41, 5.74) is 2.90. The average molecular weight is 399 g/mol. The maximum atomic E-state index is 12.7. The molecule has 0 bridgehead atoms. The quantitative estimate of drug-likeness (QED) is 0.435. The van der Waals surface area contributed by atoms with Crippen molar-refractivity contribution in [3.63, 3.8) is 0 Å². The molecule has 0 aliphatic rings. The number of aryl methyl sites for hydroxylation is 1. The molecule has 8 heteroatoms. The zero-order chi connectivity index (χ0) is 21.0. The van der Waals surface area contributed by atoms with E-state index in [9.17, 15) is 13.6 Å². The maximum absolute atomic E-state index is 12.7. The van der Waals surface area contributed by atoms with E-state index in [0.717, 1.165) is 11.3 Å². The van der Waals surface area contributed by atoms with Crippen molar-refractivity contribution in [2.75, 3.05) is 7.11 Å². The van der Waals surface area contributed by atoms with Crippen molar-refractivity contribution < 1.29 is 23.0 Å². The second kappa shape index (κ2) is 8.64. The molecule has 0 aliphatic carbocycles. The summed E-state index contributed by atoms with van der Waals surface area (Å²) in [5, 5.41) is 8.01. The number of ketones is 1. The highest BCUT2D eigenvalue weighted by atomic mass is 19.3. The number of aromatic nitrogens is 3. The summed E-state index contributed by atoms with van der Waals surface area (Å²) in [6, 6.07) is 12.3. The summed E-state index contributed by atoms with van der Waals surface area (Å²) in [6.45, 7) is 0.686. The molecule has 3 aromatic rings. The third kappa shape index (κ3) is 4.48. The molecule has 0 saturated carbocycles. The van der Waals surface area contributed by atoms with Gasteiger partial charge < -0.3 is 9.47 Å². The number of carbonyl (C=O) groups is 1. The first-order valence-corrected chi connectivity index (χ1v) is 8.74. The first kappa shape index (κ1) is 20.2. The van der Waals surface area contributed by atoms with Crippen molar-refractivity contribution in [2.45, 2.75) is 20.5 Å². The van der Waals surface area contributed by atoms with Crippen molar-refractivity contribution in [2.24, 2.45) is 0 Å². The molecular formula is C21H19F2N3O3. The second-order valence-corrected chi connectivity index (χ2v) is 6.23. The van der Waals surface area contributed by atoms with Gasteiger partial charge in [0.25, 0.3) is 0 Å². The van der Waals surface area contributed by atoms with Crippen LogP contribution in [0.4, 0.5) is 8.78 Å². The Bertz CT molecular complexity index is 1040. The topological polar surface area (TPSA) is 66.2 Å². The number of alkyl halides is 2. The number of hydrogen-bond acceptors (Lipinski definition) is 5. The van der Waals surface area contributed by atoms with Gasteiger partial charge in [-0.2, -0.15) is 8.78 Å². The van der Waals surface area contributed by atoms with Gasteiger partial charge in [0.2, 0.25) is 5.78 Å². The lowest BCUT2D eigenvalue weighted by Gasteiger charge is -2.12. The Morgan fingerprint density at radius 1 is 1.14 bits per heavy atom. The molecule has 150 valence electrons. The summed E-state index contributed by atoms with van der Waals surface area (Å²) < 4.78 is 36.6. The highest BCUT2D eigenvalue weighted by Gasteiger charge is 2.17. The minimum absolute atomic E-state index is 0.140. The number of ether oxygens (including phenoxy) is 2. The van der Waals surface area contributed by atoms with Crippen LogP contribution in [0.15, 0.2) is 48.5 Å². The molecule has 0 N–H and O–H groups in total. The third-order valence-corrected chi connectivity index (χ3v) is 4.26. The molecule has 0 saturated heterocycles. The van der Waals surface area contributed by atoms with Gasteiger partial charge in [0.05, 0.1) is 18.5 Å². The van der Waals surface area contributed by atoms with Crippen LogP contribution in [0.1, 0.15) is 27.3 Å². The van der Waals surface area contributed by atoms with Crippen LogP contribution in [-0.4, -0.2) is 34.5 Å². The van der Waals surface area contributed by atoms with Gasteiger partial charge >= 0.3 is 6.61 Å². The van der Waals surface area contributed by atoms with E-state index in [4.69, 9.17) is 4.74 Å². The van der Waals surface area contributed by atoms with E-state index in [1.165, 1.54) is 25.3 Å². The zero-order valence-corrected chi connectivity index (χ0v) is 16.1. The molecule has 0 radical (unpaired) electrons. The number of para-hydroxylation sites is 1. The SMILES string of the molecule is COc1cccc(C=CC(=O)c2nnn(-c3ccc(C)cc3)c2C)c1OC(F)F. The van der Waals surface area contributed by atoms with Crippen LogP contribution in [0.2, 0.25) is 0 Å². The van der Waals surface area contributed by atoms with Gasteiger partial charge in [0, 0.05) is 5.56 Å². The van der Waals surface area contributed by atoms with Crippen molar-refractivity contribution in [1.82, 2.24) is 15.0 Å². The zero-order valence-electron chi connectivity index (χ0n) is 16.1. The molecule has 0 spiro atoms. The van der Waals surface area contributed by atoms with Gasteiger partial charge in [0.1, 0.15) is 0 Å². The Balaban J connectivity index is 1.88. The summed E-state index contributed by atoms with van der Waals surface area (Å²) in [7, 11) is 1.35. The third-order valence-electron chi connectivity index (χ3n) is 4.26. The fourth-order valence-electron chi connectivity index (χ4n) is 2.77. The molecule has 1 heterocycles. The van der Waals surface area contributed by atoms with Gasteiger partial charge in [-0.1, -0.05) is 35.0 Å². The fraction of sp³-hybridized carbons (Fsp3) is 0.190. The molecule has 2 aromatic carbocycles. The number of methoxy groups -OCH3 is 1. The number of hydrogen-bond donors (Lipinski definition) is 0. The normalized spacial score (nSPS) is 11.2. The van der Waals surface area contributed by atoms with E-state index < -0.39 is 12.4 Å². The Hall–Kier alpha value is -3.55. The van der Waals surface area contributed by atoms with E-state index in [1.54, 1.807) is 23.7 Å². The Kier molecular flexibility index (Phi) is 6.01. The number of nitrogens with zero attached hydrogens (tertiary/aromatic N) is 3. The first-order valence-electron chi connectivity index (χ1n) is 8.74. The van der Waals surface area contributed by atoms with Crippen LogP contribution < -0.4 is 9.47 Å². The number of benzene rings is 2. The lowest BCUT2D eigenvalue weighted by Crippen LogP contribution is -2.05. The van der Waals surface area contributed by atoms with Crippen LogP contribution >= 0.6 is 0 Å². The second-order valence-electron chi connectivity index (χ2n) is 6.23. The summed E-state index contributed by atoms with van der Waals surface area (Å²) in [5.74, 6) is -0.415. The van der Waals surface area contributed by atoms with Crippen LogP contribution in [0, 0.1) is 13.8 Å². The van der Waals surface area contributed by atoms with Gasteiger partial charge in [0.15, 0.2) is 17.2 Å². The molecule has 0 unspecified atom stereocenters. The average Bonchev–Trinajstić information content (AvgIpc) is 3.08. The lowest BCUT2D eigenvalue weighted by atomic mass is 10.1. The lowest BCUT2D eigenvalue weighted by molar-refractivity contribution is -0.0513.